The van der Waals surface area contributed by atoms with Gasteiger partial charge in [-0.1, -0.05) is 55.0 Å². The second-order valence-corrected chi connectivity index (χ2v) is 7.90. The first-order valence-corrected chi connectivity index (χ1v) is 10.0. The van der Waals surface area contributed by atoms with Crippen LogP contribution in [0.4, 0.5) is 4.79 Å². The van der Waals surface area contributed by atoms with Gasteiger partial charge in [0, 0.05) is 0 Å². The highest BCUT2D eigenvalue weighted by Gasteiger charge is 2.54. The van der Waals surface area contributed by atoms with Crippen LogP contribution in [0.15, 0.2) is 48.5 Å². The van der Waals surface area contributed by atoms with Crippen LogP contribution in [0.5, 0.6) is 0 Å². The summed E-state index contributed by atoms with van der Waals surface area (Å²) in [6.45, 7) is 6.29. The van der Waals surface area contributed by atoms with Crippen LogP contribution in [0.2, 0.25) is 0 Å². The molecule has 2 saturated heterocycles. The van der Waals surface area contributed by atoms with Gasteiger partial charge in [-0.15, -0.1) is 0 Å². The first-order chi connectivity index (χ1) is 13.5. The van der Waals surface area contributed by atoms with Crippen LogP contribution in [0.25, 0.3) is 0 Å². The van der Waals surface area contributed by atoms with Crippen molar-refractivity contribution < 1.29 is 9.59 Å². The molecule has 0 radical (unpaired) electrons. The number of hydrogen-bond acceptors (Lipinski definition) is 3. The van der Waals surface area contributed by atoms with E-state index in [0.717, 1.165) is 48.2 Å². The monoisotopic (exact) mass is 377 g/mol. The number of carbonyl (C=O) groups excluding carboxylic acids is 2. The molecule has 28 heavy (non-hydrogen) atoms. The number of imide groups is 1. The Hall–Kier alpha value is -2.66. The summed E-state index contributed by atoms with van der Waals surface area (Å²) < 4.78 is 0. The zero-order valence-corrected chi connectivity index (χ0v) is 16.6. The first-order valence-electron chi connectivity index (χ1n) is 10.0. The van der Waals surface area contributed by atoms with Crippen molar-refractivity contribution in [3.63, 3.8) is 0 Å². The maximum Gasteiger partial charge on any atom is 0.326 e. The predicted octanol–water partition coefficient (Wildman–Crippen LogP) is 3.54. The Bertz CT molecular complexity index is 890. The van der Waals surface area contributed by atoms with Gasteiger partial charge in [0.05, 0.1) is 6.67 Å². The summed E-state index contributed by atoms with van der Waals surface area (Å²) in [7, 11) is 0. The minimum absolute atomic E-state index is 0.197. The third kappa shape index (κ3) is 3.10. The number of amides is 3. The quantitative estimate of drug-likeness (QED) is 0.829. The highest BCUT2D eigenvalue weighted by Crippen LogP contribution is 2.37. The van der Waals surface area contributed by atoms with Crippen molar-refractivity contribution in [1.82, 2.24) is 15.1 Å². The number of urea groups is 1. The van der Waals surface area contributed by atoms with Crippen molar-refractivity contribution in [2.24, 2.45) is 0 Å². The van der Waals surface area contributed by atoms with Crippen LogP contribution in [-0.4, -0.2) is 41.5 Å². The van der Waals surface area contributed by atoms with Crippen molar-refractivity contribution in [2.75, 3.05) is 19.8 Å². The molecule has 0 bridgehead atoms. The summed E-state index contributed by atoms with van der Waals surface area (Å²) in [6.07, 6.45) is 3.45. The molecule has 1 N–H and O–H groups in total. The topological polar surface area (TPSA) is 52.7 Å². The lowest BCUT2D eigenvalue weighted by molar-refractivity contribution is -0.131. The highest BCUT2D eigenvalue weighted by molar-refractivity contribution is 6.09. The van der Waals surface area contributed by atoms with E-state index in [9.17, 15) is 9.59 Å². The van der Waals surface area contributed by atoms with Gasteiger partial charge in [0.25, 0.3) is 5.91 Å². The van der Waals surface area contributed by atoms with E-state index in [0.29, 0.717) is 6.67 Å². The molecule has 146 valence electrons. The Morgan fingerprint density at radius 3 is 2.29 bits per heavy atom. The van der Waals surface area contributed by atoms with Gasteiger partial charge < -0.3 is 5.32 Å². The third-order valence-corrected chi connectivity index (χ3v) is 6.04. The van der Waals surface area contributed by atoms with E-state index in [2.05, 4.69) is 10.2 Å². The Morgan fingerprint density at radius 2 is 1.61 bits per heavy atom. The maximum absolute atomic E-state index is 13.7. The molecule has 3 amide bonds. The smallest absolute Gasteiger partial charge is 0.315 e. The number of nitrogens with one attached hydrogen (secondary N) is 1. The van der Waals surface area contributed by atoms with Crippen LogP contribution in [0.3, 0.4) is 0 Å². The molecule has 2 aromatic carbocycles. The predicted molar refractivity (Wildman–Crippen MR) is 109 cm³/mol. The first kappa shape index (κ1) is 18.7. The summed E-state index contributed by atoms with van der Waals surface area (Å²) in [5.74, 6) is -0.197. The second-order valence-electron chi connectivity index (χ2n) is 7.90. The molecule has 0 spiro atoms. The molecule has 2 aliphatic rings. The molecule has 4 rings (SSSR count). The van der Waals surface area contributed by atoms with Crippen molar-refractivity contribution in [3.05, 3.63) is 70.8 Å². The molecule has 2 aliphatic heterocycles. The van der Waals surface area contributed by atoms with Gasteiger partial charge in [-0.3, -0.25) is 9.69 Å². The Kier molecular flexibility index (Phi) is 4.94. The number of piperidine rings is 1. The number of likely N-dealkylation sites (tertiary alicyclic amines) is 1. The second kappa shape index (κ2) is 7.40. The van der Waals surface area contributed by atoms with Crippen LogP contribution in [0.1, 0.15) is 41.5 Å². The van der Waals surface area contributed by atoms with E-state index in [1.807, 2.05) is 62.4 Å². The minimum Gasteiger partial charge on any atom is -0.315 e. The van der Waals surface area contributed by atoms with E-state index >= 15 is 0 Å². The van der Waals surface area contributed by atoms with Gasteiger partial charge in [-0.05, 0) is 62.0 Å². The third-order valence-electron chi connectivity index (χ3n) is 6.04. The zero-order chi connectivity index (χ0) is 19.7. The summed E-state index contributed by atoms with van der Waals surface area (Å²) >= 11 is 0. The fraction of sp³-hybridized carbons (Fsp3) is 0.391. The Morgan fingerprint density at radius 1 is 0.893 bits per heavy atom. The standard InChI is InChI=1S/C23H27N3O2/c1-17-11-12-20(15-18(17)2)23(19-9-5-3-6-10-19)21(27)26(22(28)24-23)16-25-13-7-4-8-14-25/h3,5-6,9-12,15H,4,7-8,13-14,16H2,1-2H3,(H,24,28)/t23-/m1/s1. The molecule has 0 aromatic heterocycles. The molecule has 2 fully saturated rings. The average Bonchev–Trinajstić information content (AvgIpc) is 2.97. The number of carbonyl (C=O) groups is 2. The average molecular weight is 377 g/mol. The van der Waals surface area contributed by atoms with Crippen molar-refractivity contribution >= 4 is 11.9 Å². The molecule has 5 heteroatoms. The molecule has 0 aliphatic carbocycles. The SMILES string of the molecule is Cc1ccc([C@@]2(c3ccccc3)NC(=O)N(CN3CCCCC3)C2=O)cc1C. The van der Waals surface area contributed by atoms with Gasteiger partial charge in [0.1, 0.15) is 0 Å². The molecule has 0 saturated carbocycles. The maximum atomic E-state index is 13.7. The molecular formula is C23H27N3O2. The van der Waals surface area contributed by atoms with Crippen LogP contribution < -0.4 is 5.32 Å². The number of hydrogen-bond donors (Lipinski definition) is 1. The Balaban J connectivity index is 1.77. The van der Waals surface area contributed by atoms with E-state index in [-0.39, 0.29) is 11.9 Å². The van der Waals surface area contributed by atoms with Crippen LogP contribution in [0, 0.1) is 13.8 Å². The van der Waals surface area contributed by atoms with E-state index in [1.165, 1.54) is 11.3 Å². The van der Waals surface area contributed by atoms with Crippen molar-refractivity contribution in [1.29, 1.82) is 0 Å². The molecule has 2 aromatic rings. The summed E-state index contributed by atoms with van der Waals surface area (Å²) in [6, 6.07) is 15.2. The number of rotatable bonds is 4. The van der Waals surface area contributed by atoms with Crippen LogP contribution >= 0.6 is 0 Å². The summed E-state index contributed by atoms with van der Waals surface area (Å²) in [4.78, 5) is 30.2. The fourth-order valence-electron chi connectivity index (χ4n) is 4.23. The molecule has 1 atom stereocenters. The normalized spacial score (nSPS) is 23.1. The van der Waals surface area contributed by atoms with Gasteiger partial charge in [0.2, 0.25) is 0 Å². The zero-order valence-electron chi connectivity index (χ0n) is 16.6. The van der Waals surface area contributed by atoms with Gasteiger partial charge in [-0.25, -0.2) is 9.69 Å². The largest absolute Gasteiger partial charge is 0.326 e. The lowest BCUT2D eigenvalue weighted by atomic mass is 9.81. The van der Waals surface area contributed by atoms with Crippen LogP contribution in [-0.2, 0) is 10.3 Å². The van der Waals surface area contributed by atoms with Gasteiger partial charge in [0.15, 0.2) is 5.54 Å². The summed E-state index contributed by atoms with van der Waals surface area (Å²) in [5.41, 5.74) is 2.68. The van der Waals surface area contributed by atoms with Gasteiger partial charge in [-0.2, -0.15) is 0 Å². The summed E-state index contributed by atoms with van der Waals surface area (Å²) in [5, 5.41) is 3.05. The van der Waals surface area contributed by atoms with Gasteiger partial charge >= 0.3 is 6.03 Å². The molecule has 0 unspecified atom stereocenters. The molecule has 5 nitrogen and oxygen atoms in total. The minimum atomic E-state index is -1.17. The number of aryl methyl sites for hydroxylation is 2. The fourth-order valence-corrected chi connectivity index (χ4v) is 4.23. The van der Waals surface area contributed by atoms with E-state index < -0.39 is 5.54 Å². The van der Waals surface area contributed by atoms with Crippen molar-refractivity contribution in [2.45, 2.75) is 38.6 Å². The molecule has 2 heterocycles. The van der Waals surface area contributed by atoms with E-state index in [4.69, 9.17) is 0 Å². The highest BCUT2D eigenvalue weighted by atomic mass is 16.2. The van der Waals surface area contributed by atoms with E-state index in [1.54, 1.807) is 0 Å². The lowest BCUT2D eigenvalue weighted by Gasteiger charge is -2.31. The molecular weight excluding hydrogens is 350 g/mol. The number of nitrogens with zero attached hydrogens (tertiary/aromatic N) is 2. The lowest BCUT2D eigenvalue weighted by Crippen LogP contribution is -2.47. The number of benzene rings is 2. The Labute approximate surface area is 166 Å². The van der Waals surface area contributed by atoms with Crippen molar-refractivity contribution in [3.8, 4) is 0 Å².